The van der Waals surface area contributed by atoms with Crippen molar-refractivity contribution in [3.63, 3.8) is 0 Å². The summed E-state index contributed by atoms with van der Waals surface area (Å²) < 4.78 is 81.0. The molecule has 76 heavy (non-hydrogen) atoms. The van der Waals surface area contributed by atoms with Gasteiger partial charge in [-0.2, -0.15) is 36.5 Å². The molecule has 2 aliphatic heterocycles. The number of pyridine rings is 2. The van der Waals surface area contributed by atoms with Gasteiger partial charge in [0.25, 0.3) is 0 Å². The summed E-state index contributed by atoms with van der Waals surface area (Å²) in [5.41, 5.74) is 7.27. The molecular weight excluding hydrogens is 975 g/mol. The lowest BCUT2D eigenvalue weighted by Gasteiger charge is -2.28. The van der Waals surface area contributed by atoms with Crippen LogP contribution in [0.4, 0.5) is 38.0 Å². The van der Waals surface area contributed by atoms with Gasteiger partial charge in [-0.3, -0.25) is 0 Å². The van der Waals surface area contributed by atoms with E-state index in [9.17, 15) is 26.3 Å². The van der Waals surface area contributed by atoms with Crippen molar-refractivity contribution in [2.75, 3.05) is 50.9 Å². The number of hydrogen-bond acceptors (Lipinski definition) is 10. The highest BCUT2D eigenvalue weighted by Gasteiger charge is 2.33. The maximum absolute atomic E-state index is 13.5. The van der Waals surface area contributed by atoms with Crippen LogP contribution in [-0.2, 0) is 12.4 Å². The van der Waals surface area contributed by atoms with Crippen LogP contribution in [0.5, 0.6) is 0 Å². The average molecular weight is 1040 g/mol. The van der Waals surface area contributed by atoms with Crippen LogP contribution in [0.25, 0.3) is 44.8 Å². The van der Waals surface area contributed by atoms with Crippen molar-refractivity contribution in [2.45, 2.75) is 75.8 Å². The molecule has 2 N–H and O–H groups in total. The SMILES string of the molecule is CC(Nc1cc(-c2cc(C3CCN(C)CC3)nnc2-c2cccc(C(F)(F)F)c2)ccn1)c1ccccc1.CC(Nc1cc(-c2cc(C3CCN(C)CC3)nnc2-c2cccc(C(F)(F)F)c2)ccn1)c1ccccc1. The fourth-order valence-electron chi connectivity index (χ4n) is 9.82. The summed E-state index contributed by atoms with van der Waals surface area (Å²) in [5.74, 6) is 1.86. The zero-order chi connectivity index (χ0) is 53.4. The third kappa shape index (κ3) is 13.3. The van der Waals surface area contributed by atoms with Crippen molar-refractivity contribution in [1.29, 1.82) is 0 Å². The normalized spacial score (nSPS) is 15.8. The Morgan fingerprint density at radius 3 is 1.20 bits per heavy atom. The minimum atomic E-state index is -4.45. The largest absolute Gasteiger partial charge is 0.416 e. The molecule has 16 heteroatoms. The molecule has 0 aliphatic carbocycles. The number of alkyl halides is 6. The Hall–Kier alpha value is -7.56. The molecule has 0 radical (unpaired) electrons. The van der Waals surface area contributed by atoms with E-state index in [-0.39, 0.29) is 23.9 Å². The van der Waals surface area contributed by atoms with Gasteiger partial charge in [-0.1, -0.05) is 84.9 Å². The third-order valence-electron chi connectivity index (χ3n) is 14.3. The topological polar surface area (TPSA) is 108 Å². The van der Waals surface area contributed by atoms with Crippen molar-refractivity contribution in [1.82, 2.24) is 40.2 Å². The predicted molar refractivity (Wildman–Crippen MR) is 287 cm³/mol. The highest BCUT2D eigenvalue weighted by molar-refractivity contribution is 5.83. The van der Waals surface area contributed by atoms with Crippen LogP contribution in [0.3, 0.4) is 0 Å². The number of halogens is 6. The molecule has 2 saturated heterocycles. The zero-order valence-electron chi connectivity index (χ0n) is 42.8. The van der Waals surface area contributed by atoms with Gasteiger partial charge in [-0.15, -0.1) is 10.2 Å². The van der Waals surface area contributed by atoms with Gasteiger partial charge < -0.3 is 20.4 Å². The maximum Gasteiger partial charge on any atom is 0.416 e. The number of benzene rings is 4. The van der Waals surface area contributed by atoms with Crippen molar-refractivity contribution in [3.8, 4) is 44.8 Å². The lowest BCUT2D eigenvalue weighted by molar-refractivity contribution is -0.138. The molecule has 4 aromatic carbocycles. The molecule has 2 unspecified atom stereocenters. The summed E-state index contributed by atoms with van der Waals surface area (Å²) in [6.07, 6.45) is -1.62. The van der Waals surface area contributed by atoms with E-state index in [0.29, 0.717) is 34.2 Å². The Balaban J connectivity index is 0.000000186. The summed E-state index contributed by atoms with van der Waals surface area (Å²) in [7, 11) is 4.21. The van der Waals surface area contributed by atoms with Crippen molar-refractivity contribution in [3.05, 3.63) is 192 Å². The van der Waals surface area contributed by atoms with Gasteiger partial charge in [-0.25, -0.2) is 9.97 Å². The zero-order valence-corrected chi connectivity index (χ0v) is 42.8. The molecule has 2 atom stereocenters. The Labute approximate surface area is 439 Å². The first-order chi connectivity index (χ1) is 36.6. The Bertz CT molecular complexity index is 2980. The molecule has 2 aliphatic rings. The molecule has 2 fully saturated rings. The smallest absolute Gasteiger partial charge is 0.364 e. The van der Waals surface area contributed by atoms with Crippen LogP contribution in [0.15, 0.2) is 158 Å². The number of rotatable bonds is 12. The minimum Gasteiger partial charge on any atom is -0.364 e. The number of aromatic nitrogens is 6. The average Bonchev–Trinajstić information content (AvgIpc) is 3.43. The Morgan fingerprint density at radius 2 is 0.829 bits per heavy atom. The fourth-order valence-corrected chi connectivity index (χ4v) is 9.82. The number of nitrogens with zero attached hydrogens (tertiary/aromatic N) is 8. The van der Waals surface area contributed by atoms with Crippen molar-refractivity contribution < 1.29 is 26.3 Å². The molecule has 0 saturated carbocycles. The summed E-state index contributed by atoms with van der Waals surface area (Å²) in [4.78, 5) is 13.6. The summed E-state index contributed by atoms with van der Waals surface area (Å²) in [5, 5.41) is 24.9. The van der Waals surface area contributed by atoms with E-state index in [2.05, 4.69) is 78.7 Å². The van der Waals surface area contributed by atoms with E-state index in [1.54, 1.807) is 24.5 Å². The quantitative estimate of drug-likeness (QED) is 0.115. The molecular formula is C60H60F6N10. The second-order valence-corrected chi connectivity index (χ2v) is 19.8. The minimum absolute atomic E-state index is 0.0206. The molecule has 10 nitrogen and oxygen atoms in total. The molecule has 0 amide bonds. The number of hydrogen-bond donors (Lipinski definition) is 2. The highest BCUT2D eigenvalue weighted by Crippen LogP contribution is 2.40. The number of likely N-dealkylation sites (tertiary alicyclic amines) is 2. The first-order valence-electron chi connectivity index (χ1n) is 25.6. The molecule has 0 bridgehead atoms. The number of piperidine rings is 2. The molecule has 8 aromatic rings. The number of nitrogens with one attached hydrogen (secondary N) is 2. The van der Waals surface area contributed by atoms with Crippen LogP contribution in [0.1, 0.15) is 97.1 Å². The predicted octanol–water partition coefficient (Wildman–Crippen LogP) is 14.4. The fraction of sp³-hybridized carbons (Fsp3) is 0.300. The van der Waals surface area contributed by atoms with E-state index < -0.39 is 23.5 Å². The first-order valence-corrected chi connectivity index (χ1v) is 25.6. The summed E-state index contributed by atoms with van der Waals surface area (Å²) in [6.45, 7) is 8.00. The van der Waals surface area contributed by atoms with E-state index in [0.717, 1.165) is 121 Å². The van der Waals surface area contributed by atoms with E-state index in [1.165, 1.54) is 12.1 Å². The van der Waals surface area contributed by atoms with Gasteiger partial charge in [0.15, 0.2) is 0 Å². The van der Waals surface area contributed by atoms with Crippen LogP contribution in [0, 0.1) is 0 Å². The third-order valence-corrected chi connectivity index (χ3v) is 14.3. The first kappa shape index (κ1) is 53.3. The summed E-state index contributed by atoms with van der Waals surface area (Å²) in [6, 6.07) is 42.3. The molecule has 0 spiro atoms. The lowest BCUT2D eigenvalue weighted by atomic mass is 9.91. The van der Waals surface area contributed by atoms with Gasteiger partial charge in [0.1, 0.15) is 23.0 Å². The summed E-state index contributed by atoms with van der Waals surface area (Å²) >= 11 is 0. The molecule has 392 valence electrons. The van der Waals surface area contributed by atoms with Crippen molar-refractivity contribution in [2.24, 2.45) is 0 Å². The van der Waals surface area contributed by atoms with Gasteiger partial charge in [-0.05, 0) is 163 Å². The van der Waals surface area contributed by atoms with Gasteiger partial charge in [0, 0.05) is 58.6 Å². The highest BCUT2D eigenvalue weighted by atomic mass is 19.4. The van der Waals surface area contributed by atoms with Gasteiger partial charge in [0.05, 0.1) is 22.5 Å². The molecule has 10 rings (SSSR count). The van der Waals surface area contributed by atoms with Crippen molar-refractivity contribution >= 4 is 11.6 Å². The monoisotopic (exact) mass is 1030 g/mol. The van der Waals surface area contributed by atoms with E-state index in [4.69, 9.17) is 0 Å². The lowest BCUT2D eigenvalue weighted by Crippen LogP contribution is -2.29. The van der Waals surface area contributed by atoms with Crippen LogP contribution in [-0.4, -0.2) is 80.4 Å². The van der Waals surface area contributed by atoms with Gasteiger partial charge in [0.2, 0.25) is 0 Å². The van der Waals surface area contributed by atoms with Crippen LogP contribution in [0.2, 0.25) is 0 Å². The van der Waals surface area contributed by atoms with Crippen LogP contribution < -0.4 is 10.6 Å². The Kier molecular flexibility index (Phi) is 16.5. The second-order valence-electron chi connectivity index (χ2n) is 19.8. The Morgan fingerprint density at radius 1 is 0.447 bits per heavy atom. The van der Waals surface area contributed by atoms with E-state index >= 15 is 0 Å². The maximum atomic E-state index is 13.5. The van der Waals surface area contributed by atoms with E-state index in [1.807, 2.05) is 97.1 Å². The molecule has 6 heterocycles. The molecule has 4 aromatic heterocycles. The number of anilines is 2. The van der Waals surface area contributed by atoms with Gasteiger partial charge >= 0.3 is 12.4 Å². The standard InChI is InChI=1S/2C30H30F3N5/c2*1-20(21-7-4-3-5-8-21)35-28-18-23(11-14-34-28)26-19-27(22-12-15-38(2)16-13-22)36-37-29(26)24-9-6-10-25(17-24)30(31,32)33/h2*3-11,14,17-20,22H,12-13,15-16H2,1-2H3,(H,34,35). The van der Waals surface area contributed by atoms with Crippen LogP contribution >= 0.6 is 0 Å². The second kappa shape index (κ2) is 23.5.